The summed E-state index contributed by atoms with van der Waals surface area (Å²) >= 11 is 0. The van der Waals surface area contributed by atoms with Crippen molar-refractivity contribution < 1.29 is 0 Å². The Morgan fingerprint density at radius 2 is 0.833 bits per heavy atom. The van der Waals surface area contributed by atoms with E-state index in [-0.39, 0.29) is 6.04 Å². The van der Waals surface area contributed by atoms with Crippen LogP contribution in [0.15, 0.2) is 48.5 Å². The van der Waals surface area contributed by atoms with E-state index in [0.717, 1.165) is 0 Å². The quantitative estimate of drug-likeness (QED) is 0.277. The van der Waals surface area contributed by atoms with Crippen LogP contribution in [0.3, 0.4) is 0 Å². The molecule has 1 heteroatoms. The Labute approximate surface area is 186 Å². The molecule has 2 aromatic rings. The van der Waals surface area contributed by atoms with Crippen molar-refractivity contribution in [2.75, 3.05) is 0 Å². The van der Waals surface area contributed by atoms with Crippen molar-refractivity contribution >= 4 is 0 Å². The van der Waals surface area contributed by atoms with E-state index in [0.29, 0.717) is 0 Å². The fourth-order valence-electron chi connectivity index (χ4n) is 4.19. The van der Waals surface area contributed by atoms with Gasteiger partial charge in [0.1, 0.15) is 0 Å². The number of rotatable bonds is 16. The third kappa shape index (κ3) is 9.47. The summed E-state index contributed by atoms with van der Waals surface area (Å²) in [6.07, 6.45) is 18.6. The van der Waals surface area contributed by atoms with E-state index in [2.05, 4.69) is 62.4 Å². The van der Waals surface area contributed by atoms with Crippen LogP contribution in [0.5, 0.6) is 0 Å². The number of hydrogen-bond donors (Lipinski definition) is 1. The van der Waals surface area contributed by atoms with Crippen LogP contribution in [0.2, 0.25) is 0 Å². The Balaban J connectivity index is 1.74. The Kier molecular flexibility index (Phi) is 12.5. The van der Waals surface area contributed by atoms with Gasteiger partial charge in [-0.05, 0) is 47.9 Å². The van der Waals surface area contributed by atoms with E-state index >= 15 is 0 Å². The predicted octanol–water partition coefficient (Wildman–Crippen LogP) is 8.54. The topological polar surface area (TPSA) is 26.0 Å². The summed E-state index contributed by atoms with van der Waals surface area (Å²) in [4.78, 5) is 0. The van der Waals surface area contributed by atoms with Crippen LogP contribution >= 0.6 is 0 Å². The van der Waals surface area contributed by atoms with E-state index in [4.69, 9.17) is 5.73 Å². The van der Waals surface area contributed by atoms with Gasteiger partial charge in [-0.3, -0.25) is 0 Å². The summed E-state index contributed by atoms with van der Waals surface area (Å²) in [6, 6.07) is 18.0. The van der Waals surface area contributed by atoms with Crippen molar-refractivity contribution in [1.29, 1.82) is 0 Å². The van der Waals surface area contributed by atoms with Crippen molar-refractivity contribution in [2.45, 2.75) is 110 Å². The molecule has 0 atom stereocenters. The summed E-state index contributed by atoms with van der Waals surface area (Å²) in [5, 5.41) is 0. The Morgan fingerprint density at radius 1 is 0.500 bits per heavy atom. The fourth-order valence-corrected chi connectivity index (χ4v) is 4.19. The molecular weight excluding hydrogens is 362 g/mol. The lowest BCUT2D eigenvalue weighted by atomic mass is 9.95. The molecule has 2 N–H and O–H groups in total. The average molecular weight is 408 g/mol. The maximum Gasteiger partial charge on any atom is 0.0551 e. The number of hydrogen-bond acceptors (Lipinski definition) is 1. The Bertz CT molecular complexity index is 596. The van der Waals surface area contributed by atoms with Gasteiger partial charge >= 0.3 is 0 Å². The highest BCUT2D eigenvalue weighted by Crippen LogP contribution is 2.22. The minimum Gasteiger partial charge on any atom is -0.320 e. The first-order valence-electron chi connectivity index (χ1n) is 12.7. The number of benzene rings is 2. The van der Waals surface area contributed by atoms with Gasteiger partial charge < -0.3 is 5.73 Å². The van der Waals surface area contributed by atoms with Crippen LogP contribution < -0.4 is 5.73 Å². The van der Waals surface area contributed by atoms with Crippen molar-refractivity contribution in [3.63, 3.8) is 0 Å². The third-order valence-electron chi connectivity index (χ3n) is 6.32. The fraction of sp³-hybridized carbons (Fsp3) is 0.586. The molecule has 0 aliphatic heterocycles. The van der Waals surface area contributed by atoms with E-state index in [1.807, 2.05) is 0 Å². The second kappa shape index (κ2) is 15.2. The largest absolute Gasteiger partial charge is 0.320 e. The standard InChI is InChI=1S/C29H45N/c1-3-5-7-9-11-13-15-25-17-21-27(22-18-25)29(30)28-23-19-26(20-24-28)16-14-12-10-8-6-4-2/h17-24,29H,3-16,30H2,1-2H3. The van der Waals surface area contributed by atoms with E-state index in [1.54, 1.807) is 0 Å². The molecule has 30 heavy (non-hydrogen) atoms. The van der Waals surface area contributed by atoms with Crippen molar-refractivity contribution in [3.05, 3.63) is 70.8 Å². The van der Waals surface area contributed by atoms with Gasteiger partial charge in [-0.2, -0.15) is 0 Å². The molecular formula is C29H45N. The highest BCUT2D eigenvalue weighted by molar-refractivity contribution is 5.34. The van der Waals surface area contributed by atoms with Crippen molar-refractivity contribution in [2.24, 2.45) is 5.73 Å². The first-order chi connectivity index (χ1) is 14.7. The minimum absolute atomic E-state index is 0.0313. The molecule has 0 aromatic heterocycles. The lowest BCUT2D eigenvalue weighted by Gasteiger charge is -2.14. The molecule has 0 saturated carbocycles. The van der Waals surface area contributed by atoms with Gasteiger partial charge in [0.15, 0.2) is 0 Å². The van der Waals surface area contributed by atoms with Crippen LogP contribution in [0.4, 0.5) is 0 Å². The summed E-state index contributed by atoms with van der Waals surface area (Å²) < 4.78 is 0. The second-order valence-electron chi connectivity index (χ2n) is 9.00. The lowest BCUT2D eigenvalue weighted by molar-refractivity contribution is 0.607. The maximum atomic E-state index is 6.55. The van der Waals surface area contributed by atoms with Crippen LogP contribution in [0.25, 0.3) is 0 Å². The first kappa shape index (κ1) is 24.7. The van der Waals surface area contributed by atoms with Gasteiger partial charge in [0, 0.05) is 0 Å². The maximum absolute atomic E-state index is 6.55. The van der Waals surface area contributed by atoms with E-state index in [9.17, 15) is 0 Å². The summed E-state index contributed by atoms with van der Waals surface area (Å²) in [5.41, 5.74) is 11.9. The molecule has 2 rings (SSSR count). The minimum atomic E-state index is -0.0313. The molecule has 0 spiro atoms. The molecule has 0 aliphatic rings. The highest BCUT2D eigenvalue weighted by Gasteiger charge is 2.09. The summed E-state index contributed by atoms with van der Waals surface area (Å²) in [5.74, 6) is 0. The van der Waals surface area contributed by atoms with E-state index in [1.165, 1.54) is 112 Å². The smallest absolute Gasteiger partial charge is 0.0551 e. The lowest BCUT2D eigenvalue weighted by Crippen LogP contribution is -2.11. The monoisotopic (exact) mass is 407 g/mol. The zero-order valence-corrected chi connectivity index (χ0v) is 19.7. The molecule has 0 unspecified atom stereocenters. The Morgan fingerprint density at radius 3 is 1.20 bits per heavy atom. The molecule has 166 valence electrons. The predicted molar refractivity (Wildman–Crippen MR) is 133 cm³/mol. The van der Waals surface area contributed by atoms with Crippen molar-refractivity contribution in [1.82, 2.24) is 0 Å². The van der Waals surface area contributed by atoms with Crippen LogP contribution in [-0.2, 0) is 12.8 Å². The van der Waals surface area contributed by atoms with Crippen molar-refractivity contribution in [3.8, 4) is 0 Å². The van der Waals surface area contributed by atoms with Gasteiger partial charge in [-0.1, -0.05) is 127 Å². The second-order valence-corrected chi connectivity index (χ2v) is 9.00. The van der Waals surface area contributed by atoms with Gasteiger partial charge in [-0.25, -0.2) is 0 Å². The molecule has 1 nitrogen and oxygen atoms in total. The molecule has 0 heterocycles. The van der Waals surface area contributed by atoms with Crippen LogP contribution in [0, 0.1) is 0 Å². The average Bonchev–Trinajstić information content (AvgIpc) is 2.79. The molecule has 0 saturated heterocycles. The highest BCUT2D eigenvalue weighted by atomic mass is 14.6. The number of nitrogens with two attached hydrogens (primary N) is 1. The molecule has 0 aliphatic carbocycles. The first-order valence-corrected chi connectivity index (χ1v) is 12.7. The number of unbranched alkanes of at least 4 members (excludes halogenated alkanes) is 10. The molecule has 0 fully saturated rings. The third-order valence-corrected chi connectivity index (χ3v) is 6.32. The van der Waals surface area contributed by atoms with Gasteiger partial charge in [0.25, 0.3) is 0 Å². The van der Waals surface area contributed by atoms with Crippen LogP contribution in [-0.4, -0.2) is 0 Å². The zero-order chi connectivity index (χ0) is 21.4. The zero-order valence-electron chi connectivity index (χ0n) is 19.7. The Hall–Kier alpha value is -1.60. The van der Waals surface area contributed by atoms with E-state index < -0.39 is 0 Å². The van der Waals surface area contributed by atoms with Gasteiger partial charge in [-0.15, -0.1) is 0 Å². The summed E-state index contributed by atoms with van der Waals surface area (Å²) in [7, 11) is 0. The normalized spacial score (nSPS) is 11.3. The molecule has 0 bridgehead atoms. The summed E-state index contributed by atoms with van der Waals surface area (Å²) in [6.45, 7) is 4.55. The van der Waals surface area contributed by atoms with Gasteiger partial charge in [0.05, 0.1) is 6.04 Å². The van der Waals surface area contributed by atoms with Crippen LogP contribution in [0.1, 0.15) is 119 Å². The van der Waals surface area contributed by atoms with Gasteiger partial charge in [0.2, 0.25) is 0 Å². The number of aryl methyl sites for hydroxylation is 2. The SMILES string of the molecule is CCCCCCCCc1ccc(C(N)c2ccc(CCCCCCCC)cc2)cc1. The molecule has 2 aromatic carbocycles. The molecule has 0 radical (unpaired) electrons. The molecule has 0 amide bonds.